The van der Waals surface area contributed by atoms with Gasteiger partial charge in [0.15, 0.2) is 0 Å². The number of carbonyl (C=O) groups excluding carboxylic acids is 1. The molecule has 0 radical (unpaired) electrons. The highest BCUT2D eigenvalue weighted by molar-refractivity contribution is 5.94. The van der Waals surface area contributed by atoms with Gasteiger partial charge in [-0.25, -0.2) is 4.98 Å². The second-order valence-electron chi connectivity index (χ2n) is 6.83. The highest BCUT2D eigenvalue weighted by Gasteiger charge is 2.28. The molecule has 0 spiro atoms. The van der Waals surface area contributed by atoms with Crippen molar-refractivity contribution in [1.29, 1.82) is 0 Å². The number of aromatic nitrogens is 2. The molecule has 1 aliphatic rings. The number of piperazine rings is 1. The van der Waals surface area contributed by atoms with E-state index in [9.17, 15) is 9.90 Å². The van der Waals surface area contributed by atoms with E-state index in [1.165, 1.54) is 17.8 Å². The highest BCUT2D eigenvalue weighted by Crippen LogP contribution is 2.29. The van der Waals surface area contributed by atoms with E-state index in [4.69, 9.17) is 0 Å². The Morgan fingerprint density at radius 1 is 0.929 bits per heavy atom. The molecule has 6 nitrogen and oxygen atoms in total. The lowest BCUT2D eigenvalue weighted by atomic mass is 9.97. The zero-order chi connectivity index (χ0) is 19.3. The molecule has 28 heavy (non-hydrogen) atoms. The molecule has 1 N–H and O–H groups in total. The summed E-state index contributed by atoms with van der Waals surface area (Å²) in [7, 11) is 0. The fourth-order valence-electron chi connectivity index (χ4n) is 3.70. The van der Waals surface area contributed by atoms with Crippen LogP contribution in [0.4, 0.5) is 0 Å². The number of aromatic hydroxyl groups is 1. The summed E-state index contributed by atoms with van der Waals surface area (Å²) >= 11 is 0. The van der Waals surface area contributed by atoms with Crippen molar-refractivity contribution in [3.8, 4) is 5.88 Å². The van der Waals surface area contributed by atoms with Gasteiger partial charge in [0.1, 0.15) is 0 Å². The molecule has 1 saturated heterocycles. The first kappa shape index (κ1) is 18.1. The first-order chi connectivity index (χ1) is 13.7. The van der Waals surface area contributed by atoms with Gasteiger partial charge in [0, 0.05) is 56.4 Å². The highest BCUT2D eigenvalue weighted by atomic mass is 16.3. The Bertz CT molecular complexity index is 886. The van der Waals surface area contributed by atoms with Crippen molar-refractivity contribution in [3.05, 3.63) is 89.9 Å². The smallest absolute Gasteiger partial charge is 0.254 e. The number of pyridine rings is 2. The average Bonchev–Trinajstić information content (AvgIpc) is 2.75. The van der Waals surface area contributed by atoms with Crippen molar-refractivity contribution in [2.45, 2.75) is 6.04 Å². The van der Waals surface area contributed by atoms with Crippen molar-refractivity contribution in [2.24, 2.45) is 0 Å². The SMILES string of the molecule is O=C(c1ccnc(O)c1)N1CCN(C(c2ccccc2)c2cccnc2)CC1. The van der Waals surface area contributed by atoms with Crippen LogP contribution in [0.2, 0.25) is 0 Å². The number of benzene rings is 1. The molecule has 1 fully saturated rings. The fourth-order valence-corrected chi connectivity index (χ4v) is 3.70. The second-order valence-corrected chi connectivity index (χ2v) is 6.83. The molecular formula is C22H22N4O2. The molecule has 2 aromatic heterocycles. The van der Waals surface area contributed by atoms with Gasteiger partial charge >= 0.3 is 0 Å². The third kappa shape index (κ3) is 3.87. The molecule has 0 saturated carbocycles. The van der Waals surface area contributed by atoms with Gasteiger partial charge in [-0.3, -0.25) is 14.7 Å². The lowest BCUT2D eigenvalue weighted by Crippen LogP contribution is -2.49. The van der Waals surface area contributed by atoms with Crippen LogP contribution < -0.4 is 0 Å². The summed E-state index contributed by atoms with van der Waals surface area (Å²) in [5.41, 5.74) is 2.83. The number of hydrogen-bond donors (Lipinski definition) is 1. The van der Waals surface area contributed by atoms with E-state index in [0.29, 0.717) is 18.7 Å². The van der Waals surface area contributed by atoms with Gasteiger partial charge in [0.25, 0.3) is 5.91 Å². The summed E-state index contributed by atoms with van der Waals surface area (Å²) in [6.45, 7) is 2.78. The monoisotopic (exact) mass is 374 g/mol. The van der Waals surface area contributed by atoms with Crippen molar-refractivity contribution < 1.29 is 9.90 Å². The minimum atomic E-state index is -0.134. The zero-order valence-electron chi connectivity index (χ0n) is 15.5. The van der Waals surface area contributed by atoms with E-state index in [-0.39, 0.29) is 17.8 Å². The van der Waals surface area contributed by atoms with Crippen molar-refractivity contribution in [1.82, 2.24) is 19.8 Å². The molecule has 142 valence electrons. The molecule has 1 aliphatic heterocycles. The topological polar surface area (TPSA) is 69.6 Å². The first-order valence-electron chi connectivity index (χ1n) is 9.35. The van der Waals surface area contributed by atoms with Gasteiger partial charge in [-0.1, -0.05) is 36.4 Å². The predicted molar refractivity (Wildman–Crippen MR) is 106 cm³/mol. The third-order valence-electron chi connectivity index (χ3n) is 5.07. The maximum absolute atomic E-state index is 12.7. The van der Waals surface area contributed by atoms with Crippen LogP contribution in [0.1, 0.15) is 27.5 Å². The number of hydrogen-bond acceptors (Lipinski definition) is 5. The summed E-state index contributed by atoms with van der Waals surface area (Å²) < 4.78 is 0. The van der Waals surface area contributed by atoms with Crippen molar-refractivity contribution in [3.63, 3.8) is 0 Å². The van der Waals surface area contributed by atoms with Crippen LogP contribution in [0.3, 0.4) is 0 Å². The Morgan fingerprint density at radius 2 is 1.68 bits per heavy atom. The third-order valence-corrected chi connectivity index (χ3v) is 5.07. The maximum atomic E-state index is 12.7. The fraction of sp³-hybridized carbons (Fsp3) is 0.227. The van der Waals surface area contributed by atoms with Crippen molar-refractivity contribution in [2.75, 3.05) is 26.2 Å². The minimum Gasteiger partial charge on any atom is -0.493 e. The number of rotatable bonds is 4. The standard InChI is InChI=1S/C22H22N4O2/c27-20-15-18(8-10-24-20)22(28)26-13-11-25(12-14-26)21(17-5-2-1-3-6-17)19-7-4-9-23-16-19/h1-10,15-16,21H,11-14H2,(H,24,27). The Kier molecular flexibility index (Phi) is 5.30. The van der Waals surface area contributed by atoms with E-state index in [2.05, 4.69) is 33.1 Å². The molecule has 1 unspecified atom stereocenters. The second kappa shape index (κ2) is 8.19. The van der Waals surface area contributed by atoms with Gasteiger partial charge in [0.2, 0.25) is 5.88 Å². The Balaban J connectivity index is 1.51. The molecular weight excluding hydrogens is 352 g/mol. The van der Waals surface area contributed by atoms with E-state index >= 15 is 0 Å². The molecule has 3 heterocycles. The number of nitrogens with zero attached hydrogens (tertiary/aromatic N) is 4. The average molecular weight is 374 g/mol. The van der Waals surface area contributed by atoms with Crippen molar-refractivity contribution >= 4 is 5.91 Å². The lowest BCUT2D eigenvalue weighted by Gasteiger charge is -2.39. The predicted octanol–water partition coefficient (Wildman–Crippen LogP) is 2.73. The Morgan fingerprint density at radius 3 is 2.36 bits per heavy atom. The number of carbonyl (C=O) groups is 1. The summed E-state index contributed by atoms with van der Waals surface area (Å²) in [5, 5.41) is 9.53. The van der Waals surface area contributed by atoms with E-state index in [1.807, 2.05) is 35.4 Å². The molecule has 0 aliphatic carbocycles. The van der Waals surface area contributed by atoms with Gasteiger partial charge in [0.05, 0.1) is 6.04 Å². The quantitative estimate of drug-likeness (QED) is 0.760. The largest absolute Gasteiger partial charge is 0.493 e. The van der Waals surface area contributed by atoms with E-state index in [1.54, 1.807) is 12.3 Å². The van der Waals surface area contributed by atoms with Gasteiger partial charge in [-0.15, -0.1) is 0 Å². The summed E-state index contributed by atoms with van der Waals surface area (Å²) in [6.07, 6.45) is 5.15. The Hall–Kier alpha value is -3.25. The molecule has 3 aromatic rings. The molecule has 0 bridgehead atoms. The summed E-state index contributed by atoms with van der Waals surface area (Å²) in [5.74, 6) is -0.208. The van der Waals surface area contributed by atoms with Gasteiger partial charge in [-0.05, 0) is 23.3 Å². The van der Waals surface area contributed by atoms with Crippen LogP contribution in [0.25, 0.3) is 0 Å². The van der Waals surface area contributed by atoms with E-state index < -0.39 is 0 Å². The van der Waals surface area contributed by atoms with Crippen LogP contribution >= 0.6 is 0 Å². The normalized spacial score (nSPS) is 15.9. The number of amides is 1. The molecule has 4 rings (SSSR count). The molecule has 1 atom stereocenters. The lowest BCUT2D eigenvalue weighted by molar-refractivity contribution is 0.0596. The van der Waals surface area contributed by atoms with Gasteiger partial charge < -0.3 is 10.0 Å². The van der Waals surface area contributed by atoms with E-state index in [0.717, 1.165) is 18.7 Å². The van der Waals surface area contributed by atoms with Crippen LogP contribution in [0.5, 0.6) is 5.88 Å². The maximum Gasteiger partial charge on any atom is 0.254 e. The molecule has 1 amide bonds. The van der Waals surface area contributed by atoms with Crippen LogP contribution in [0, 0.1) is 0 Å². The first-order valence-corrected chi connectivity index (χ1v) is 9.35. The minimum absolute atomic E-state index is 0.0741. The van der Waals surface area contributed by atoms with Crippen LogP contribution in [0.15, 0.2) is 73.2 Å². The van der Waals surface area contributed by atoms with Crippen LogP contribution in [-0.4, -0.2) is 57.0 Å². The Labute approximate surface area is 164 Å². The molecule has 6 heteroatoms. The zero-order valence-corrected chi connectivity index (χ0v) is 15.5. The van der Waals surface area contributed by atoms with Crippen LogP contribution in [-0.2, 0) is 0 Å². The van der Waals surface area contributed by atoms with Gasteiger partial charge in [-0.2, -0.15) is 0 Å². The molecule has 1 aromatic carbocycles. The summed E-state index contributed by atoms with van der Waals surface area (Å²) in [6, 6.07) is 17.6. The summed E-state index contributed by atoms with van der Waals surface area (Å²) in [4.78, 5) is 25.0.